The molecule has 50 valence electrons. The summed E-state index contributed by atoms with van der Waals surface area (Å²) in [5, 5.41) is 9.77. The van der Waals surface area contributed by atoms with Crippen LogP contribution in [-0.4, -0.2) is 20.4 Å². The Morgan fingerprint density at radius 2 is 2.22 bits per heavy atom. The lowest BCUT2D eigenvalue weighted by Crippen LogP contribution is -1.91. The van der Waals surface area contributed by atoms with Gasteiger partial charge in [0.1, 0.15) is 0 Å². The highest BCUT2D eigenvalue weighted by atomic mass is 19.2. The van der Waals surface area contributed by atoms with Crippen LogP contribution in [0, 0.1) is 0 Å². The van der Waals surface area contributed by atoms with Crippen molar-refractivity contribution in [1.29, 1.82) is 0 Å². The summed E-state index contributed by atoms with van der Waals surface area (Å²) in [6, 6.07) is 0. The predicted molar refractivity (Wildman–Crippen MR) is 28.4 cm³/mol. The van der Waals surface area contributed by atoms with Gasteiger partial charge in [-0.25, -0.2) is 0 Å². The standard InChI is InChI=1S/C4H7FN4/c1-3(2)4-6-8-9(5)7-4/h3H,1-2H3. The Morgan fingerprint density at radius 3 is 2.44 bits per heavy atom. The minimum atomic E-state index is -0.0324. The number of hydrogen-bond acceptors (Lipinski definition) is 3. The molecule has 0 aromatic carbocycles. The van der Waals surface area contributed by atoms with Crippen LogP contribution in [0.2, 0.25) is 0 Å². The zero-order valence-electron chi connectivity index (χ0n) is 5.24. The molecule has 0 amide bonds. The zero-order valence-corrected chi connectivity index (χ0v) is 5.24. The van der Waals surface area contributed by atoms with Gasteiger partial charge in [0.2, 0.25) is 0 Å². The Kier molecular flexibility index (Phi) is 1.42. The first-order valence-corrected chi connectivity index (χ1v) is 2.66. The highest BCUT2D eigenvalue weighted by Gasteiger charge is 2.04. The molecule has 0 atom stereocenters. The van der Waals surface area contributed by atoms with Gasteiger partial charge in [-0.05, 0) is 5.21 Å². The van der Waals surface area contributed by atoms with Gasteiger partial charge in [-0.2, -0.15) is 0 Å². The zero-order chi connectivity index (χ0) is 6.85. The number of nitrogens with zero attached hydrogens (tertiary/aromatic N) is 4. The molecular weight excluding hydrogens is 123 g/mol. The molecule has 0 radical (unpaired) electrons. The van der Waals surface area contributed by atoms with Crippen LogP contribution in [0.4, 0.5) is 4.48 Å². The second-order valence-electron chi connectivity index (χ2n) is 2.04. The molecule has 0 fully saturated rings. The number of tetrazole rings is 1. The maximum Gasteiger partial charge on any atom is 0.180 e. The third-order valence-electron chi connectivity index (χ3n) is 0.922. The van der Waals surface area contributed by atoms with Crippen LogP contribution in [0.1, 0.15) is 25.6 Å². The molecule has 4 nitrogen and oxygen atoms in total. The summed E-state index contributed by atoms with van der Waals surface area (Å²) < 4.78 is 11.9. The monoisotopic (exact) mass is 130 g/mol. The van der Waals surface area contributed by atoms with Crippen LogP contribution in [0.25, 0.3) is 0 Å². The summed E-state index contributed by atoms with van der Waals surface area (Å²) in [7, 11) is 0. The molecule has 9 heavy (non-hydrogen) atoms. The minimum absolute atomic E-state index is 0.0324. The molecule has 0 saturated carbocycles. The van der Waals surface area contributed by atoms with Crippen molar-refractivity contribution in [2.24, 2.45) is 0 Å². The summed E-state index contributed by atoms with van der Waals surface area (Å²) in [5.41, 5.74) is 0. The average molecular weight is 130 g/mol. The first kappa shape index (κ1) is 6.12. The largest absolute Gasteiger partial charge is 0.180 e. The van der Waals surface area contributed by atoms with Crippen molar-refractivity contribution in [2.45, 2.75) is 19.8 Å². The molecule has 0 aliphatic heterocycles. The van der Waals surface area contributed by atoms with Gasteiger partial charge >= 0.3 is 0 Å². The van der Waals surface area contributed by atoms with Crippen LogP contribution in [0.3, 0.4) is 0 Å². The van der Waals surface area contributed by atoms with Crippen molar-refractivity contribution in [3.63, 3.8) is 0 Å². The summed E-state index contributed by atoms with van der Waals surface area (Å²) in [6.07, 6.45) is 0. The Balaban J connectivity index is 2.85. The van der Waals surface area contributed by atoms with Gasteiger partial charge in [0, 0.05) is 10.9 Å². The fraction of sp³-hybridized carbons (Fsp3) is 0.750. The predicted octanol–water partition coefficient (Wildman–Crippen LogP) is 0.529. The van der Waals surface area contributed by atoms with E-state index in [1.54, 1.807) is 0 Å². The van der Waals surface area contributed by atoms with Crippen LogP contribution in [0.15, 0.2) is 0 Å². The molecule has 0 unspecified atom stereocenters. The summed E-state index contributed by atoms with van der Waals surface area (Å²) in [6.45, 7) is 3.74. The van der Waals surface area contributed by atoms with E-state index >= 15 is 0 Å². The number of halogens is 1. The minimum Gasteiger partial charge on any atom is -0.111 e. The van der Waals surface area contributed by atoms with Gasteiger partial charge in [-0.15, -0.1) is 10.2 Å². The number of rotatable bonds is 1. The molecule has 0 spiro atoms. The molecule has 1 aromatic rings. The molecule has 1 rings (SSSR count). The van der Waals surface area contributed by atoms with Crippen molar-refractivity contribution in [2.75, 3.05) is 0 Å². The van der Waals surface area contributed by atoms with Gasteiger partial charge in [-0.3, -0.25) is 0 Å². The summed E-state index contributed by atoms with van der Waals surface area (Å²) >= 11 is 0. The van der Waals surface area contributed by atoms with E-state index in [4.69, 9.17) is 0 Å². The van der Waals surface area contributed by atoms with E-state index in [0.717, 1.165) is 0 Å². The Labute approximate surface area is 51.6 Å². The van der Waals surface area contributed by atoms with Gasteiger partial charge in [0.25, 0.3) is 0 Å². The molecule has 5 heteroatoms. The van der Waals surface area contributed by atoms with E-state index in [-0.39, 0.29) is 10.9 Å². The molecule has 1 aromatic heterocycles. The average Bonchev–Trinajstić information content (AvgIpc) is 2.14. The lowest BCUT2D eigenvalue weighted by Gasteiger charge is -1.90. The second kappa shape index (κ2) is 2.08. The lowest BCUT2D eigenvalue weighted by molar-refractivity contribution is 0.256. The molecule has 0 aliphatic rings. The van der Waals surface area contributed by atoms with E-state index in [1.807, 2.05) is 13.8 Å². The Bertz CT molecular complexity index is 194. The summed E-state index contributed by atoms with van der Waals surface area (Å²) in [4.78, 5) is 0. The molecule has 1 heterocycles. The normalized spacial score (nSPS) is 10.7. The maximum absolute atomic E-state index is 11.9. The molecule has 0 N–H and O–H groups in total. The van der Waals surface area contributed by atoms with Crippen molar-refractivity contribution in [1.82, 2.24) is 20.4 Å². The SMILES string of the molecule is CC(C)c1nnn(F)n1. The molecular formula is C4H7FN4. The van der Waals surface area contributed by atoms with Crippen molar-refractivity contribution in [3.8, 4) is 0 Å². The van der Waals surface area contributed by atoms with E-state index in [0.29, 0.717) is 5.82 Å². The fourth-order valence-corrected chi connectivity index (χ4v) is 0.438. The second-order valence-corrected chi connectivity index (χ2v) is 2.04. The smallest absolute Gasteiger partial charge is 0.111 e. The number of hydrogen-bond donors (Lipinski definition) is 0. The van der Waals surface area contributed by atoms with E-state index in [9.17, 15) is 4.48 Å². The van der Waals surface area contributed by atoms with Gasteiger partial charge < -0.3 is 0 Å². The first-order valence-electron chi connectivity index (χ1n) is 2.66. The third kappa shape index (κ3) is 1.22. The third-order valence-corrected chi connectivity index (χ3v) is 0.922. The molecule has 0 aliphatic carbocycles. The summed E-state index contributed by atoms with van der Waals surface area (Å²) in [5.74, 6) is 0.562. The Morgan fingerprint density at radius 1 is 1.56 bits per heavy atom. The van der Waals surface area contributed by atoms with Crippen LogP contribution >= 0.6 is 0 Å². The van der Waals surface area contributed by atoms with Crippen LogP contribution in [-0.2, 0) is 0 Å². The van der Waals surface area contributed by atoms with Gasteiger partial charge in [0.15, 0.2) is 5.82 Å². The molecule has 0 bridgehead atoms. The molecule has 0 saturated heterocycles. The highest BCUT2D eigenvalue weighted by molar-refractivity contribution is 4.83. The fourth-order valence-electron chi connectivity index (χ4n) is 0.438. The Hall–Kier alpha value is -1.00. The van der Waals surface area contributed by atoms with Gasteiger partial charge in [-0.1, -0.05) is 18.3 Å². The first-order chi connectivity index (χ1) is 4.20. The van der Waals surface area contributed by atoms with E-state index in [2.05, 4.69) is 15.4 Å². The van der Waals surface area contributed by atoms with E-state index in [1.165, 1.54) is 0 Å². The highest BCUT2D eigenvalue weighted by Crippen LogP contribution is 2.04. The van der Waals surface area contributed by atoms with Crippen molar-refractivity contribution < 1.29 is 4.48 Å². The van der Waals surface area contributed by atoms with Crippen molar-refractivity contribution in [3.05, 3.63) is 5.82 Å². The maximum atomic E-state index is 11.9. The quantitative estimate of drug-likeness (QED) is 0.557. The van der Waals surface area contributed by atoms with Crippen LogP contribution in [0.5, 0.6) is 0 Å². The van der Waals surface area contributed by atoms with Gasteiger partial charge in [0.05, 0.1) is 0 Å². The van der Waals surface area contributed by atoms with Crippen LogP contribution < -0.4 is 0 Å². The number of aromatic nitrogens is 4. The van der Waals surface area contributed by atoms with E-state index < -0.39 is 0 Å². The topological polar surface area (TPSA) is 43.6 Å². The lowest BCUT2D eigenvalue weighted by atomic mass is 10.2. The van der Waals surface area contributed by atoms with Crippen molar-refractivity contribution >= 4 is 0 Å².